The minimum atomic E-state index is -5.08. The van der Waals surface area contributed by atoms with Crippen LogP contribution in [0.15, 0.2) is 24.7 Å². The number of carbonyl (C=O) groups is 2. The number of aliphatic carboxylic acids is 1. The molecule has 10 nitrogen and oxygen atoms in total. The van der Waals surface area contributed by atoms with Gasteiger partial charge in [0.15, 0.2) is 11.3 Å². The van der Waals surface area contributed by atoms with E-state index in [4.69, 9.17) is 15.6 Å². The number of carbonyl (C=O) groups excluding carboxylic acids is 1. The van der Waals surface area contributed by atoms with Gasteiger partial charge in [0.05, 0.1) is 11.9 Å². The van der Waals surface area contributed by atoms with E-state index in [1.165, 1.54) is 27.7 Å². The fourth-order valence-corrected chi connectivity index (χ4v) is 3.23. The van der Waals surface area contributed by atoms with Gasteiger partial charge in [-0.05, 0) is 32.8 Å². The van der Waals surface area contributed by atoms with Crippen LogP contribution in [0, 0.1) is 0 Å². The minimum Gasteiger partial charge on any atom is -0.475 e. The van der Waals surface area contributed by atoms with Crippen LogP contribution in [-0.2, 0) is 4.79 Å². The molecule has 4 rings (SSSR count). The van der Waals surface area contributed by atoms with Crippen LogP contribution in [0.1, 0.15) is 74.5 Å². The maximum atomic E-state index is 13.1. The van der Waals surface area contributed by atoms with Gasteiger partial charge in [0.25, 0.3) is 12.3 Å². The summed E-state index contributed by atoms with van der Waals surface area (Å²) in [6, 6.07) is 1.41. The highest BCUT2D eigenvalue weighted by Crippen LogP contribution is 2.32. The Morgan fingerprint density at radius 3 is 2.21 bits per heavy atom. The number of hydrogen-bond donors (Lipinski definition) is 3. The van der Waals surface area contributed by atoms with Crippen LogP contribution in [-0.4, -0.2) is 53.5 Å². The molecule has 216 valence electrons. The standard InChI is InChI=1S/C14H15F2N7O.C6H10F2.C2HF3O2/c1-7(2)23-6-9(11(21-23)12(15)16)19-14(24)8-5-18-22-4-3-10(17)20-13(8)22;7-6(8)4-2-1-3-5-6;3-2(4,5)1(6)7/h3-7,12H,1-2H3,(H2,17,20)(H,19,24);1-5H2;(H,6,7). The third-order valence-corrected chi connectivity index (χ3v) is 5.21. The molecule has 0 unspecified atom stereocenters. The van der Waals surface area contributed by atoms with Crippen LogP contribution in [0.25, 0.3) is 5.65 Å². The van der Waals surface area contributed by atoms with Crippen molar-refractivity contribution < 1.29 is 45.4 Å². The van der Waals surface area contributed by atoms with Crippen molar-refractivity contribution in [2.75, 3.05) is 11.1 Å². The van der Waals surface area contributed by atoms with Crippen molar-refractivity contribution in [3.05, 3.63) is 35.9 Å². The first-order chi connectivity index (χ1) is 18.0. The largest absolute Gasteiger partial charge is 0.490 e. The van der Waals surface area contributed by atoms with Crippen molar-refractivity contribution in [2.45, 2.75) is 70.5 Å². The molecular formula is C22H26F7N7O3. The number of carboxylic acid groups (broad SMARTS) is 1. The summed E-state index contributed by atoms with van der Waals surface area (Å²) in [6.07, 6.45) is -1.01. The summed E-state index contributed by atoms with van der Waals surface area (Å²) in [6.45, 7) is 3.59. The summed E-state index contributed by atoms with van der Waals surface area (Å²) >= 11 is 0. The number of nitrogens with two attached hydrogens (primary N) is 1. The lowest BCUT2D eigenvalue weighted by Crippen LogP contribution is -2.21. The van der Waals surface area contributed by atoms with Crippen molar-refractivity contribution in [2.24, 2.45) is 0 Å². The number of hydrogen-bond acceptors (Lipinski definition) is 6. The Morgan fingerprint density at radius 2 is 1.74 bits per heavy atom. The van der Waals surface area contributed by atoms with Gasteiger partial charge in [-0.15, -0.1) is 0 Å². The molecular weight excluding hydrogens is 543 g/mol. The Bertz CT molecular complexity index is 1260. The molecule has 1 saturated carbocycles. The van der Waals surface area contributed by atoms with E-state index < -0.39 is 36.1 Å². The van der Waals surface area contributed by atoms with Gasteiger partial charge in [-0.2, -0.15) is 23.4 Å². The fraction of sp³-hybridized carbons (Fsp3) is 0.500. The summed E-state index contributed by atoms with van der Waals surface area (Å²) in [4.78, 5) is 25.4. The molecule has 39 heavy (non-hydrogen) atoms. The van der Waals surface area contributed by atoms with Gasteiger partial charge >= 0.3 is 12.1 Å². The average molecular weight is 569 g/mol. The Morgan fingerprint density at radius 1 is 1.15 bits per heavy atom. The van der Waals surface area contributed by atoms with Crippen molar-refractivity contribution >= 4 is 29.0 Å². The Kier molecular flexibility index (Phi) is 10.2. The SMILES string of the molecule is CC(C)n1cc(NC(=O)c2cnn3ccc(N)nc23)c(C(F)F)n1.FC1(F)CCCCC1.O=C(O)C(F)(F)F. The number of halogens is 7. The van der Waals surface area contributed by atoms with Crippen LogP contribution in [0.2, 0.25) is 0 Å². The number of anilines is 2. The molecule has 1 aliphatic carbocycles. The Labute approximate surface area is 217 Å². The molecule has 3 aromatic heterocycles. The van der Waals surface area contributed by atoms with Gasteiger partial charge < -0.3 is 16.2 Å². The first-order valence-electron chi connectivity index (χ1n) is 11.5. The molecule has 0 aromatic carbocycles. The van der Waals surface area contributed by atoms with Gasteiger partial charge in [-0.3, -0.25) is 9.48 Å². The number of nitrogens with one attached hydrogen (secondary N) is 1. The molecule has 1 amide bonds. The smallest absolute Gasteiger partial charge is 0.475 e. The number of nitrogens with zero attached hydrogens (tertiary/aromatic N) is 5. The number of fused-ring (bicyclic) bond motifs is 1. The second-order valence-corrected chi connectivity index (χ2v) is 8.65. The third kappa shape index (κ3) is 9.10. The predicted octanol–water partition coefficient (Wildman–Crippen LogP) is 5.50. The average Bonchev–Trinajstić information content (AvgIpc) is 3.43. The molecule has 0 bridgehead atoms. The highest BCUT2D eigenvalue weighted by molar-refractivity contribution is 6.08. The monoisotopic (exact) mass is 569 g/mol. The molecule has 3 heterocycles. The van der Waals surface area contributed by atoms with Crippen LogP contribution in [0.4, 0.5) is 42.2 Å². The highest BCUT2D eigenvalue weighted by Gasteiger charge is 2.38. The topological polar surface area (TPSA) is 140 Å². The van der Waals surface area contributed by atoms with E-state index in [1.54, 1.807) is 20.0 Å². The molecule has 3 aromatic rings. The van der Waals surface area contributed by atoms with Crippen molar-refractivity contribution in [3.63, 3.8) is 0 Å². The van der Waals surface area contributed by atoms with E-state index in [0.29, 0.717) is 12.8 Å². The van der Waals surface area contributed by atoms with Crippen molar-refractivity contribution in [1.82, 2.24) is 24.4 Å². The highest BCUT2D eigenvalue weighted by atomic mass is 19.4. The quantitative estimate of drug-likeness (QED) is 0.353. The normalized spacial score (nSPS) is 14.8. The van der Waals surface area contributed by atoms with Crippen molar-refractivity contribution in [3.8, 4) is 0 Å². The molecule has 1 aliphatic rings. The summed E-state index contributed by atoms with van der Waals surface area (Å²) in [5.74, 6) is -5.48. The molecule has 1 fully saturated rings. The summed E-state index contributed by atoms with van der Waals surface area (Å²) < 4.78 is 85.1. The lowest BCUT2D eigenvalue weighted by molar-refractivity contribution is -0.192. The summed E-state index contributed by atoms with van der Waals surface area (Å²) in [5, 5.41) is 17.4. The predicted molar refractivity (Wildman–Crippen MR) is 125 cm³/mol. The molecule has 0 spiro atoms. The summed E-state index contributed by atoms with van der Waals surface area (Å²) in [5.41, 5.74) is 5.44. The zero-order valence-electron chi connectivity index (χ0n) is 20.7. The molecule has 0 atom stereocenters. The van der Waals surface area contributed by atoms with E-state index in [-0.39, 0.29) is 41.6 Å². The van der Waals surface area contributed by atoms with Crippen LogP contribution in [0.5, 0.6) is 0 Å². The molecule has 0 aliphatic heterocycles. The summed E-state index contributed by atoms with van der Waals surface area (Å²) in [7, 11) is 0. The van der Waals surface area contributed by atoms with Gasteiger partial charge in [0.1, 0.15) is 11.4 Å². The molecule has 17 heteroatoms. The van der Waals surface area contributed by atoms with Gasteiger partial charge in [0, 0.05) is 31.3 Å². The van der Waals surface area contributed by atoms with Crippen LogP contribution >= 0.6 is 0 Å². The molecule has 4 N–H and O–H groups in total. The van der Waals surface area contributed by atoms with E-state index in [9.17, 15) is 35.5 Å². The van der Waals surface area contributed by atoms with Gasteiger partial charge in [-0.25, -0.2) is 31.9 Å². The number of rotatable bonds is 4. The lowest BCUT2D eigenvalue weighted by atomic mass is 9.97. The Balaban J connectivity index is 0.000000291. The van der Waals surface area contributed by atoms with Crippen LogP contribution in [0.3, 0.4) is 0 Å². The second kappa shape index (κ2) is 12.8. The maximum Gasteiger partial charge on any atom is 0.490 e. The third-order valence-electron chi connectivity index (χ3n) is 5.21. The van der Waals surface area contributed by atoms with E-state index in [0.717, 1.165) is 6.42 Å². The minimum absolute atomic E-state index is 0.0491. The fourth-order valence-electron chi connectivity index (χ4n) is 3.23. The Hall–Kier alpha value is -3.92. The zero-order chi connectivity index (χ0) is 29.5. The van der Waals surface area contributed by atoms with E-state index in [1.807, 2.05) is 0 Å². The number of carboxylic acids is 1. The van der Waals surface area contributed by atoms with E-state index in [2.05, 4.69) is 20.5 Å². The van der Waals surface area contributed by atoms with Crippen LogP contribution < -0.4 is 11.1 Å². The molecule has 0 radical (unpaired) electrons. The van der Waals surface area contributed by atoms with Crippen molar-refractivity contribution in [1.29, 1.82) is 0 Å². The first kappa shape index (κ1) is 31.3. The van der Waals surface area contributed by atoms with Gasteiger partial charge in [0.2, 0.25) is 5.92 Å². The maximum absolute atomic E-state index is 13.1. The molecule has 0 saturated heterocycles. The number of nitrogen functional groups attached to an aromatic ring is 1. The number of amides is 1. The van der Waals surface area contributed by atoms with Gasteiger partial charge in [-0.1, -0.05) is 6.42 Å². The number of aromatic nitrogens is 5. The number of alkyl halides is 7. The van der Waals surface area contributed by atoms with E-state index >= 15 is 0 Å². The zero-order valence-corrected chi connectivity index (χ0v) is 20.7. The first-order valence-corrected chi connectivity index (χ1v) is 11.5. The lowest BCUT2D eigenvalue weighted by Gasteiger charge is -2.20. The second-order valence-electron chi connectivity index (χ2n) is 8.65.